The van der Waals surface area contributed by atoms with Crippen LogP contribution >= 0.6 is 23.1 Å². The second-order valence-corrected chi connectivity index (χ2v) is 7.74. The van der Waals surface area contributed by atoms with E-state index in [-0.39, 0.29) is 23.0 Å². The van der Waals surface area contributed by atoms with Gasteiger partial charge in [0.1, 0.15) is 10.6 Å². The highest BCUT2D eigenvalue weighted by Gasteiger charge is 2.14. The molecule has 1 amide bonds. The van der Waals surface area contributed by atoms with E-state index in [1.807, 2.05) is 13.0 Å². The number of carbonyl (C=O) groups is 1. The predicted molar refractivity (Wildman–Crippen MR) is 106 cm³/mol. The van der Waals surface area contributed by atoms with Crippen LogP contribution in [-0.2, 0) is 11.3 Å². The van der Waals surface area contributed by atoms with Crippen LogP contribution in [0.1, 0.15) is 4.88 Å². The lowest BCUT2D eigenvalue weighted by Gasteiger charge is -2.10. The van der Waals surface area contributed by atoms with Gasteiger partial charge in [0.05, 0.1) is 11.1 Å². The van der Waals surface area contributed by atoms with Crippen LogP contribution in [-0.4, -0.2) is 26.3 Å². The molecule has 6 nitrogen and oxygen atoms in total. The maximum absolute atomic E-state index is 12.7. The van der Waals surface area contributed by atoms with Gasteiger partial charge in [0, 0.05) is 23.2 Å². The first-order valence-electron chi connectivity index (χ1n) is 7.81. The fourth-order valence-corrected chi connectivity index (χ4v) is 4.16. The lowest BCUT2D eigenvalue weighted by molar-refractivity contribution is -0.113. The number of thioether (sulfide) groups is 1. The van der Waals surface area contributed by atoms with E-state index in [2.05, 4.69) is 16.9 Å². The maximum atomic E-state index is 12.7. The van der Waals surface area contributed by atoms with Crippen LogP contribution in [0, 0.1) is 6.92 Å². The number of fused-ring (bicyclic) bond motifs is 1. The summed E-state index contributed by atoms with van der Waals surface area (Å²) >= 11 is 2.65. The van der Waals surface area contributed by atoms with E-state index in [1.165, 1.54) is 39.8 Å². The highest BCUT2D eigenvalue weighted by molar-refractivity contribution is 7.99. The quantitative estimate of drug-likeness (QED) is 0.385. The molecule has 0 aliphatic rings. The minimum atomic E-state index is -0.248. The molecule has 0 atom stereocenters. The van der Waals surface area contributed by atoms with Crippen molar-refractivity contribution in [2.75, 3.05) is 11.1 Å². The summed E-state index contributed by atoms with van der Waals surface area (Å²) in [5.41, 5.74) is 0.381. The Labute approximate surface area is 158 Å². The minimum Gasteiger partial charge on any atom is -0.508 e. The van der Waals surface area contributed by atoms with Crippen LogP contribution in [0.5, 0.6) is 5.75 Å². The van der Waals surface area contributed by atoms with Crippen LogP contribution in [0.3, 0.4) is 0 Å². The lowest BCUT2D eigenvalue weighted by Crippen LogP contribution is -2.23. The predicted octanol–water partition coefficient (Wildman–Crippen LogP) is 3.39. The number of amides is 1. The molecule has 8 heteroatoms. The average molecular weight is 387 g/mol. The third-order valence-corrected chi connectivity index (χ3v) is 5.43. The Balaban J connectivity index is 1.81. The smallest absolute Gasteiger partial charge is 0.263 e. The fourth-order valence-electron chi connectivity index (χ4n) is 2.43. The molecule has 0 radical (unpaired) electrons. The Kier molecular flexibility index (Phi) is 5.43. The highest BCUT2D eigenvalue weighted by Crippen LogP contribution is 2.24. The number of rotatable bonds is 6. The van der Waals surface area contributed by atoms with Crippen molar-refractivity contribution in [1.82, 2.24) is 9.55 Å². The number of hydrogen-bond donors (Lipinski definition) is 2. The van der Waals surface area contributed by atoms with Crippen molar-refractivity contribution in [1.29, 1.82) is 0 Å². The van der Waals surface area contributed by atoms with Gasteiger partial charge in [-0.1, -0.05) is 23.9 Å². The normalized spacial score (nSPS) is 10.8. The Morgan fingerprint density at radius 2 is 2.27 bits per heavy atom. The topological polar surface area (TPSA) is 84.2 Å². The summed E-state index contributed by atoms with van der Waals surface area (Å²) in [7, 11) is 0. The number of hydrogen-bond acceptors (Lipinski definition) is 6. The third-order valence-electron chi connectivity index (χ3n) is 3.51. The summed E-state index contributed by atoms with van der Waals surface area (Å²) in [6, 6.07) is 8.16. The summed E-state index contributed by atoms with van der Waals surface area (Å²) < 4.78 is 1.52. The summed E-state index contributed by atoms with van der Waals surface area (Å²) in [5.74, 6) is -0.0762. The highest BCUT2D eigenvalue weighted by atomic mass is 32.2. The van der Waals surface area contributed by atoms with Crippen LogP contribution in [0.25, 0.3) is 10.2 Å². The minimum absolute atomic E-state index is 0.0791. The first-order valence-corrected chi connectivity index (χ1v) is 9.61. The SMILES string of the molecule is C=CCn1c(SCC(=O)Nc2cccc(O)c2)nc2sc(C)cc2c1=O. The second-order valence-electron chi connectivity index (χ2n) is 5.56. The van der Waals surface area contributed by atoms with Crippen molar-refractivity contribution >= 4 is 44.9 Å². The molecule has 0 aliphatic carbocycles. The Morgan fingerprint density at radius 3 is 3.00 bits per heavy atom. The summed E-state index contributed by atoms with van der Waals surface area (Å²) in [6.45, 7) is 5.94. The average Bonchev–Trinajstić information content (AvgIpc) is 2.96. The number of benzene rings is 1. The molecule has 2 N–H and O–H groups in total. The number of nitrogens with zero attached hydrogens (tertiary/aromatic N) is 2. The summed E-state index contributed by atoms with van der Waals surface area (Å²) in [4.78, 5) is 31.1. The van der Waals surface area contributed by atoms with Crippen molar-refractivity contribution in [2.24, 2.45) is 0 Å². The molecule has 0 saturated carbocycles. The van der Waals surface area contributed by atoms with Gasteiger partial charge >= 0.3 is 0 Å². The second kappa shape index (κ2) is 7.76. The molecule has 134 valence electrons. The molecular formula is C18H17N3O3S2. The van der Waals surface area contributed by atoms with E-state index in [9.17, 15) is 14.7 Å². The van der Waals surface area contributed by atoms with Crippen molar-refractivity contribution < 1.29 is 9.90 Å². The number of phenolic OH excluding ortho intramolecular Hbond substituents is 1. The number of nitrogens with one attached hydrogen (secondary N) is 1. The van der Waals surface area contributed by atoms with Crippen molar-refractivity contribution in [2.45, 2.75) is 18.6 Å². The number of aryl methyl sites for hydroxylation is 1. The molecule has 3 rings (SSSR count). The number of allylic oxidation sites excluding steroid dienone is 1. The van der Waals surface area contributed by atoms with Crippen molar-refractivity contribution in [3.05, 3.63) is 58.2 Å². The van der Waals surface area contributed by atoms with Crippen LogP contribution in [0.4, 0.5) is 5.69 Å². The van der Waals surface area contributed by atoms with E-state index in [4.69, 9.17) is 0 Å². The zero-order chi connectivity index (χ0) is 18.7. The van der Waals surface area contributed by atoms with Crippen LogP contribution in [0.15, 0.2) is 52.9 Å². The van der Waals surface area contributed by atoms with E-state index in [1.54, 1.807) is 18.2 Å². The summed E-state index contributed by atoms with van der Waals surface area (Å²) in [5, 5.41) is 13.2. The van der Waals surface area contributed by atoms with Gasteiger partial charge in [0.2, 0.25) is 5.91 Å². The van der Waals surface area contributed by atoms with Gasteiger partial charge in [0.25, 0.3) is 5.56 Å². The first kappa shape index (κ1) is 18.2. The van der Waals surface area contributed by atoms with E-state index >= 15 is 0 Å². The molecule has 0 aliphatic heterocycles. The Bertz CT molecular complexity index is 1040. The van der Waals surface area contributed by atoms with Crippen molar-refractivity contribution in [3.63, 3.8) is 0 Å². The monoisotopic (exact) mass is 387 g/mol. The molecule has 2 aromatic heterocycles. The summed E-state index contributed by atoms with van der Waals surface area (Å²) in [6.07, 6.45) is 1.63. The molecule has 0 bridgehead atoms. The third kappa shape index (κ3) is 3.97. The van der Waals surface area contributed by atoms with E-state index in [0.717, 1.165) is 4.88 Å². The molecule has 2 heterocycles. The zero-order valence-electron chi connectivity index (χ0n) is 14.1. The molecule has 0 saturated heterocycles. The van der Waals surface area contributed by atoms with Gasteiger partial charge in [-0.15, -0.1) is 17.9 Å². The zero-order valence-corrected chi connectivity index (χ0v) is 15.7. The van der Waals surface area contributed by atoms with Crippen molar-refractivity contribution in [3.8, 4) is 5.75 Å². The van der Waals surface area contributed by atoms with Crippen LogP contribution < -0.4 is 10.9 Å². The maximum Gasteiger partial charge on any atom is 0.263 e. The van der Waals surface area contributed by atoms with E-state index < -0.39 is 0 Å². The number of aromatic hydroxyl groups is 1. The molecule has 0 unspecified atom stereocenters. The van der Waals surface area contributed by atoms with Crippen LogP contribution in [0.2, 0.25) is 0 Å². The Morgan fingerprint density at radius 1 is 1.46 bits per heavy atom. The van der Waals surface area contributed by atoms with Gasteiger partial charge in [-0.05, 0) is 25.1 Å². The molecular weight excluding hydrogens is 370 g/mol. The molecule has 3 aromatic rings. The number of thiophene rings is 1. The lowest BCUT2D eigenvalue weighted by atomic mass is 10.3. The van der Waals surface area contributed by atoms with E-state index in [0.29, 0.717) is 27.6 Å². The Hall–Kier alpha value is -2.58. The number of anilines is 1. The first-order chi connectivity index (χ1) is 12.5. The molecule has 0 fully saturated rings. The fraction of sp³-hybridized carbons (Fsp3) is 0.167. The van der Waals surface area contributed by atoms with Gasteiger partial charge in [-0.3, -0.25) is 14.2 Å². The number of carbonyl (C=O) groups excluding carboxylic acids is 1. The molecule has 0 spiro atoms. The largest absolute Gasteiger partial charge is 0.508 e. The standard InChI is InChI=1S/C18H17N3O3S2/c1-3-7-21-17(24)14-8-11(2)26-16(14)20-18(21)25-10-15(23)19-12-5-4-6-13(22)9-12/h3-6,8-9,22H,1,7,10H2,2H3,(H,19,23). The number of phenols is 1. The number of aromatic nitrogens is 2. The van der Waals surface area contributed by atoms with Gasteiger partial charge in [-0.2, -0.15) is 0 Å². The molecule has 26 heavy (non-hydrogen) atoms. The van der Waals surface area contributed by atoms with Gasteiger partial charge < -0.3 is 10.4 Å². The molecule has 1 aromatic carbocycles. The van der Waals surface area contributed by atoms with Gasteiger partial charge in [0.15, 0.2) is 5.16 Å². The van der Waals surface area contributed by atoms with Gasteiger partial charge in [-0.25, -0.2) is 4.98 Å².